The second-order valence-corrected chi connectivity index (χ2v) is 5.40. The third-order valence-electron chi connectivity index (χ3n) is 4.40. The Kier molecular flexibility index (Phi) is 2.50. The van der Waals surface area contributed by atoms with Gasteiger partial charge in [-0.2, -0.15) is 0 Å². The van der Waals surface area contributed by atoms with Gasteiger partial charge in [-0.1, -0.05) is 6.42 Å². The third-order valence-corrected chi connectivity index (χ3v) is 4.40. The molecule has 2 heteroatoms. The van der Waals surface area contributed by atoms with Crippen molar-refractivity contribution < 1.29 is 0 Å². The van der Waals surface area contributed by atoms with Crippen LogP contribution in [-0.4, -0.2) is 36.6 Å². The highest BCUT2D eigenvalue weighted by Gasteiger charge is 2.39. The van der Waals surface area contributed by atoms with E-state index in [1.54, 1.807) is 0 Å². The molecule has 3 fully saturated rings. The molecule has 14 heavy (non-hydrogen) atoms. The largest absolute Gasteiger partial charge is 0.310 e. The number of rotatable bonds is 2. The van der Waals surface area contributed by atoms with E-state index in [2.05, 4.69) is 10.2 Å². The number of fused-ring (bicyclic) bond motifs is 2. The van der Waals surface area contributed by atoms with E-state index in [1.165, 1.54) is 58.2 Å². The van der Waals surface area contributed by atoms with E-state index in [0.717, 1.165) is 18.0 Å². The van der Waals surface area contributed by atoms with Crippen molar-refractivity contribution >= 4 is 0 Å². The summed E-state index contributed by atoms with van der Waals surface area (Å²) in [6.07, 6.45) is 8.73. The molecule has 3 aliphatic rings. The second-order valence-electron chi connectivity index (χ2n) is 5.40. The fraction of sp³-hybridized carbons (Fsp3) is 1.00. The van der Waals surface area contributed by atoms with Gasteiger partial charge in [0.2, 0.25) is 0 Å². The van der Waals surface area contributed by atoms with Gasteiger partial charge in [-0.15, -0.1) is 0 Å². The molecular weight excluding hydrogens is 172 g/mol. The molecule has 2 bridgehead atoms. The molecule has 3 atom stereocenters. The topological polar surface area (TPSA) is 15.3 Å². The Morgan fingerprint density at radius 3 is 2.57 bits per heavy atom. The van der Waals surface area contributed by atoms with Crippen LogP contribution in [0.25, 0.3) is 0 Å². The first-order chi connectivity index (χ1) is 6.92. The molecule has 2 aliphatic heterocycles. The quantitative estimate of drug-likeness (QED) is 0.718. The van der Waals surface area contributed by atoms with Gasteiger partial charge in [-0.3, -0.25) is 0 Å². The summed E-state index contributed by atoms with van der Waals surface area (Å²) in [4.78, 5) is 2.68. The molecule has 1 aliphatic carbocycles. The van der Waals surface area contributed by atoms with E-state index >= 15 is 0 Å². The lowest BCUT2D eigenvalue weighted by Gasteiger charge is -2.32. The minimum absolute atomic E-state index is 0.840. The van der Waals surface area contributed by atoms with Crippen LogP contribution in [0.1, 0.15) is 38.5 Å². The van der Waals surface area contributed by atoms with E-state index in [-0.39, 0.29) is 0 Å². The molecule has 3 unspecified atom stereocenters. The minimum Gasteiger partial charge on any atom is -0.310 e. The zero-order valence-corrected chi connectivity index (χ0v) is 9.04. The number of nitrogens with one attached hydrogen (secondary N) is 1. The van der Waals surface area contributed by atoms with Crippen molar-refractivity contribution in [3.8, 4) is 0 Å². The molecule has 2 heterocycles. The molecule has 1 N–H and O–H groups in total. The predicted molar refractivity (Wildman–Crippen MR) is 58.3 cm³/mol. The van der Waals surface area contributed by atoms with Crippen molar-refractivity contribution in [1.82, 2.24) is 10.2 Å². The maximum Gasteiger partial charge on any atom is 0.0226 e. The lowest BCUT2D eigenvalue weighted by atomic mass is 9.98. The summed E-state index contributed by atoms with van der Waals surface area (Å²) in [5.74, 6) is 1.02. The molecule has 0 spiro atoms. The molecule has 0 radical (unpaired) electrons. The first-order valence-electron chi connectivity index (χ1n) is 6.40. The SMILES string of the molecule is C1CCN(CC2NC3CCC2C3)CC1. The highest BCUT2D eigenvalue weighted by atomic mass is 15.2. The summed E-state index contributed by atoms with van der Waals surface area (Å²) in [5.41, 5.74) is 0. The Bertz CT molecular complexity index is 198. The molecule has 0 amide bonds. The first-order valence-corrected chi connectivity index (χ1v) is 6.40. The zero-order valence-electron chi connectivity index (χ0n) is 9.04. The van der Waals surface area contributed by atoms with Crippen LogP contribution in [0.5, 0.6) is 0 Å². The van der Waals surface area contributed by atoms with Crippen molar-refractivity contribution in [1.29, 1.82) is 0 Å². The molecular formula is C12H22N2. The number of likely N-dealkylation sites (tertiary alicyclic amines) is 1. The van der Waals surface area contributed by atoms with Gasteiger partial charge in [-0.25, -0.2) is 0 Å². The minimum atomic E-state index is 0.840. The van der Waals surface area contributed by atoms with Crippen LogP contribution in [0.2, 0.25) is 0 Å². The van der Waals surface area contributed by atoms with Crippen molar-refractivity contribution in [2.45, 2.75) is 50.6 Å². The number of hydrogen-bond acceptors (Lipinski definition) is 2. The molecule has 0 aromatic rings. The molecule has 0 aromatic carbocycles. The smallest absolute Gasteiger partial charge is 0.0226 e. The summed E-state index contributed by atoms with van der Waals surface area (Å²) in [7, 11) is 0. The first kappa shape index (κ1) is 9.17. The van der Waals surface area contributed by atoms with E-state index in [1.807, 2.05) is 0 Å². The Labute approximate surface area is 87.0 Å². The number of hydrogen-bond donors (Lipinski definition) is 1. The molecule has 1 saturated carbocycles. The van der Waals surface area contributed by atoms with Crippen molar-refractivity contribution in [3.63, 3.8) is 0 Å². The third kappa shape index (κ3) is 1.70. The summed E-state index contributed by atoms with van der Waals surface area (Å²) in [6.45, 7) is 4.05. The highest BCUT2D eigenvalue weighted by molar-refractivity contribution is 4.98. The summed E-state index contributed by atoms with van der Waals surface area (Å²) < 4.78 is 0. The average Bonchev–Trinajstić information content (AvgIpc) is 2.81. The van der Waals surface area contributed by atoms with Gasteiger partial charge in [0.25, 0.3) is 0 Å². The molecule has 80 valence electrons. The Hall–Kier alpha value is -0.0800. The van der Waals surface area contributed by atoms with Gasteiger partial charge in [-0.05, 0) is 51.1 Å². The van der Waals surface area contributed by atoms with Crippen LogP contribution in [-0.2, 0) is 0 Å². The maximum atomic E-state index is 3.80. The summed E-state index contributed by atoms with van der Waals surface area (Å²) in [6, 6.07) is 1.72. The standard InChI is InChI=1S/C12H22N2/c1-2-6-14(7-3-1)9-12-10-4-5-11(8-10)13-12/h10-13H,1-9H2. The number of piperidine rings is 2. The van der Waals surface area contributed by atoms with Crippen molar-refractivity contribution in [2.75, 3.05) is 19.6 Å². The fourth-order valence-corrected chi connectivity index (χ4v) is 3.59. The van der Waals surface area contributed by atoms with Crippen LogP contribution < -0.4 is 5.32 Å². The van der Waals surface area contributed by atoms with Gasteiger partial charge in [0.15, 0.2) is 0 Å². The van der Waals surface area contributed by atoms with Gasteiger partial charge in [0, 0.05) is 18.6 Å². The maximum absolute atomic E-state index is 3.80. The van der Waals surface area contributed by atoms with E-state index in [0.29, 0.717) is 0 Å². The average molecular weight is 194 g/mol. The van der Waals surface area contributed by atoms with Gasteiger partial charge in [0.1, 0.15) is 0 Å². The lowest BCUT2D eigenvalue weighted by Crippen LogP contribution is -2.46. The Morgan fingerprint density at radius 2 is 1.93 bits per heavy atom. The van der Waals surface area contributed by atoms with Crippen molar-refractivity contribution in [2.24, 2.45) is 5.92 Å². The van der Waals surface area contributed by atoms with Crippen LogP contribution in [0, 0.1) is 5.92 Å². The van der Waals surface area contributed by atoms with Crippen LogP contribution in [0.3, 0.4) is 0 Å². The summed E-state index contributed by atoms with van der Waals surface area (Å²) >= 11 is 0. The Balaban J connectivity index is 1.52. The van der Waals surface area contributed by atoms with Gasteiger partial charge < -0.3 is 10.2 Å². The fourth-order valence-electron chi connectivity index (χ4n) is 3.59. The second kappa shape index (κ2) is 3.82. The van der Waals surface area contributed by atoms with E-state index < -0.39 is 0 Å². The molecule has 2 nitrogen and oxygen atoms in total. The molecule has 3 rings (SSSR count). The molecule has 2 saturated heterocycles. The lowest BCUT2D eigenvalue weighted by molar-refractivity contribution is 0.187. The number of nitrogens with zero attached hydrogens (tertiary/aromatic N) is 1. The Morgan fingerprint density at radius 1 is 1.07 bits per heavy atom. The molecule has 0 aromatic heterocycles. The predicted octanol–water partition coefficient (Wildman–Crippen LogP) is 1.61. The van der Waals surface area contributed by atoms with E-state index in [4.69, 9.17) is 0 Å². The van der Waals surface area contributed by atoms with Gasteiger partial charge >= 0.3 is 0 Å². The normalized spacial score (nSPS) is 43.3. The van der Waals surface area contributed by atoms with Crippen molar-refractivity contribution in [3.05, 3.63) is 0 Å². The van der Waals surface area contributed by atoms with Crippen LogP contribution >= 0.6 is 0 Å². The van der Waals surface area contributed by atoms with E-state index in [9.17, 15) is 0 Å². The summed E-state index contributed by atoms with van der Waals surface area (Å²) in [5, 5.41) is 3.80. The highest BCUT2D eigenvalue weighted by Crippen LogP contribution is 2.35. The van der Waals surface area contributed by atoms with Crippen LogP contribution in [0.15, 0.2) is 0 Å². The zero-order chi connectivity index (χ0) is 9.38. The van der Waals surface area contributed by atoms with Crippen LogP contribution in [0.4, 0.5) is 0 Å². The van der Waals surface area contributed by atoms with Gasteiger partial charge in [0.05, 0.1) is 0 Å². The monoisotopic (exact) mass is 194 g/mol.